The summed E-state index contributed by atoms with van der Waals surface area (Å²) in [4.78, 5) is 46.7. The standard InChI is InChI=1S/C28H50O12/c1-4-8-19(30)14-27(36)39-22(16-25(32)33)10-7-11-24(18-29)38-21(6-3)12-13-23(17-26(34)35)40-28(37)15-20(31)9-5-2/h19-24,29-31H,4-18H2,1-3H3,(H,32,33)(H,34,35). The summed E-state index contributed by atoms with van der Waals surface area (Å²) in [5, 5.41) is 47.8. The Hall–Kier alpha value is -2.28. The lowest BCUT2D eigenvalue weighted by Crippen LogP contribution is -2.29. The molecule has 5 N–H and O–H groups in total. The summed E-state index contributed by atoms with van der Waals surface area (Å²) in [7, 11) is 0. The Bertz CT molecular complexity index is 728. The second kappa shape index (κ2) is 22.4. The van der Waals surface area contributed by atoms with Crippen molar-refractivity contribution in [3.05, 3.63) is 0 Å². The number of carbonyl (C=O) groups excluding carboxylic acids is 2. The Morgan fingerprint density at radius 2 is 1.02 bits per heavy atom. The molecule has 6 unspecified atom stereocenters. The fourth-order valence-corrected chi connectivity index (χ4v) is 4.31. The van der Waals surface area contributed by atoms with E-state index in [1.807, 2.05) is 20.8 Å². The van der Waals surface area contributed by atoms with Crippen molar-refractivity contribution in [3.8, 4) is 0 Å². The van der Waals surface area contributed by atoms with Gasteiger partial charge in [0.1, 0.15) is 12.2 Å². The molecular weight excluding hydrogens is 528 g/mol. The van der Waals surface area contributed by atoms with Gasteiger partial charge < -0.3 is 39.7 Å². The van der Waals surface area contributed by atoms with E-state index in [9.17, 15) is 39.6 Å². The molecule has 0 aliphatic heterocycles. The first kappa shape index (κ1) is 37.7. The van der Waals surface area contributed by atoms with Crippen LogP contribution >= 0.6 is 0 Å². The smallest absolute Gasteiger partial charge is 0.308 e. The quantitative estimate of drug-likeness (QED) is 0.0994. The molecule has 0 heterocycles. The van der Waals surface area contributed by atoms with Crippen LogP contribution in [0.1, 0.15) is 111 Å². The van der Waals surface area contributed by atoms with E-state index in [4.69, 9.17) is 19.3 Å². The minimum atomic E-state index is -1.12. The molecule has 0 bridgehead atoms. The van der Waals surface area contributed by atoms with Gasteiger partial charge in [0, 0.05) is 0 Å². The topological polar surface area (TPSA) is 197 Å². The van der Waals surface area contributed by atoms with Gasteiger partial charge in [0.25, 0.3) is 0 Å². The van der Waals surface area contributed by atoms with Crippen LogP contribution in [0.3, 0.4) is 0 Å². The summed E-state index contributed by atoms with van der Waals surface area (Å²) in [6, 6.07) is 0. The maximum absolute atomic E-state index is 12.1. The Balaban J connectivity index is 4.87. The summed E-state index contributed by atoms with van der Waals surface area (Å²) in [5.41, 5.74) is 0. The van der Waals surface area contributed by atoms with E-state index in [1.165, 1.54) is 0 Å². The molecule has 0 aliphatic rings. The lowest BCUT2D eigenvalue weighted by atomic mass is 10.0. The highest BCUT2D eigenvalue weighted by Crippen LogP contribution is 2.20. The number of hydrogen-bond donors (Lipinski definition) is 5. The van der Waals surface area contributed by atoms with E-state index in [2.05, 4.69) is 0 Å². The van der Waals surface area contributed by atoms with Gasteiger partial charge in [0.05, 0.1) is 56.7 Å². The second-order valence-electron chi connectivity index (χ2n) is 10.2. The van der Waals surface area contributed by atoms with E-state index in [0.29, 0.717) is 51.4 Å². The molecule has 0 aromatic carbocycles. The third kappa shape index (κ3) is 19.7. The van der Waals surface area contributed by atoms with Gasteiger partial charge in [0.2, 0.25) is 0 Å². The van der Waals surface area contributed by atoms with Crippen molar-refractivity contribution >= 4 is 23.9 Å². The van der Waals surface area contributed by atoms with Gasteiger partial charge in [-0.25, -0.2) is 0 Å². The van der Waals surface area contributed by atoms with Crippen molar-refractivity contribution in [2.24, 2.45) is 0 Å². The number of aliphatic hydroxyl groups is 3. The van der Waals surface area contributed by atoms with E-state index >= 15 is 0 Å². The van der Waals surface area contributed by atoms with Crippen LogP contribution in [0.15, 0.2) is 0 Å². The molecule has 0 saturated heterocycles. The molecule has 0 amide bonds. The third-order valence-electron chi connectivity index (χ3n) is 6.36. The van der Waals surface area contributed by atoms with Gasteiger partial charge in [-0.15, -0.1) is 0 Å². The van der Waals surface area contributed by atoms with E-state index in [-0.39, 0.29) is 51.2 Å². The molecular formula is C28H50O12. The molecule has 234 valence electrons. The maximum Gasteiger partial charge on any atom is 0.308 e. The fourth-order valence-electron chi connectivity index (χ4n) is 4.31. The number of aliphatic hydroxyl groups excluding tert-OH is 3. The molecule has 0 rings (SSSR count). The highest BCUT2D eigenvalue weighted by atomic mass is 16.6. The lowest BCUT2D eigenvalue weighted by molar-refractivity contribution is -0.157. The number of aliphatic carboxylic acids is 2. The molecule has 0 aromatic rings. The number of rotatable bonds is 25. The monoisotopic (exact) mass is 578 g/mol. The van der Waals surface area contributed by atoms with Crippen LogP contribution in [0.4, 0.5) is 0 Å². The Morgan fingerprint density at radius 1 is 0.600 bits per heavy atom. The molecule has 12 nitrogen and oxygen atoms in total. The molecule has 40 heavy (non-hydrogen) atoms. The first-order valence-corrected chi connectivity index (χ1v) is 14.4. The van der Waals surface area contributed by atoms with Crippen LogP contribution in [-0.4, -0.2) is 92.6 Å². The van der Waals surface area contributed by atoms with Crippen LogP contribution in [0.5, 0.6) is 0 Å². The third-order valence-corrected chi connectivity index (χ3v) is 6.36. The number of carbonyl (C=O) groups is 4. The molecule has 0 aromatic heterocycles. The normalized spacial score (nSPS) is 15.8. The van der Waals surface area contributed by atoms with E-state index in [1.54, 1.807) is 0 Å². The number of ether oxygens (including phenoxy) is 3. The molecule has 0 spiro atoms. The van der Waals surface area contributed by atoms with Crippen LogP contribution in [0, 0.1) is 0 Å². The van der Waals surface area contributed by atoms with Crippen LogP contribution in [-0.2, 0) is 33.4 Å². The lowest BCUT2D eigenvalue weighted by Gasteiger charge is -2.25. The van der Waals surface area contributed by atoms with Crippen molar-refractivity contribution in [2.45, 2.75) is 147 Å². The predicted octanol–water partition coefficient (Wildman–Crippen LogP) is 2.97. The maximum atomic E-state index is 12.1. The van der Waals surface area contributed by atoms with Gasteiger partial charge in [-0.1, -0.05) is 33.6 Å². The molecule has 6 atom stereocenters. The summed E-state index contributed by atoms with van der Waals surface area (Å²) in [6.07, 6.45) is -1.12. The fraction of sp³-hybridized carbons (Fsp3) is 0.857. The summed E-state index contributed by atoms with van der Waals surface area (Å²) >= 11 is 0. The predicted molar refractivity (Wildman–Crippen MR) is 144 cm³/mol. The zero-order valence-corrected chi connectivity index (χ0v) is 24.2. The average molecular weight is 579 g/mol. The average Bonchev–Trinajstić information content (AvgIpc) is 2.84. The van der Waals surface area contributed by atoms with E-state index < -0.39 is 54.4 Å². The van der Waals surface area contributed by atoms with Gasteiger partial charge in [-0.2, -0.15) is 0 Å². The van der Waals surface area contributed by atoms with Gasteiger partial charge >= 0.3 is 23.9 Å². The highest BCUT2D eigenvalue weighted by Gasteiger charge is 2.24. The summed E-state index contributed by atoms with van der Waals surface area (Å²) < 4.78 is 16.6. The van der Waals surface area contributed by atoms with E-state index in [0.717, 1.165) is 0 Å². The largest absolute Gasteiger partial charge is 0.481 e. The van der Waals surface area contributed by atoms with Crippen molar-refractivity contribution < 1.29 is 58.9 Å². The van der Waals surface area contributed by atoms with Crippen molar-refractivity contribution in [1.82, 2.24) is 0 Å². The first-order valence-electron chi connectivity index (χ1n) is 14.4. The van der Waals surface area contributed by atoms with Crippen molar-refractivity contribution in [1.29, 1.82) is 0 Å². The van der Waals surface area contributed by atoms with Crippen molar-refractivity contribution in [3.63, 3.8) is 0 Å². The Kier molecular flexibility index (Phi) is 21.1. The zero-order chi connectivity index (χ0) is 30.5. The van der Waals surface area contributed by atoms with Crippen LogP contribution in [0.25, 0.3) is 0 Å². The van der Waals surface area contributed by atoms with Gasteiger partial charge in [-0.05, 0) is 51.4 Å². The number of esters is 2. The molecule has 0 radical (unpaired) electrons. The second-order valence-corrected chi connectivity index (χ2v) is 10.2. The summed E-state index contributed by atoms with van der Waals surface area (Å²) in [5.74, 6) is -3.56. The molecule has 0 aliphatic carbocycles. The van der Waals surface area contributed by atoms with Gasteiger partial charge in [-0.3, -0.25) is 19.2 Å². The van der Waals surface area contributed by atoms with Gasteiger partial charge in [0.15, 0.2) is 0 Å². The minimum Gasteiger partial charge on any atom is -0.481 e. The molecule has 0 saturated carbocycles. The Morgan fingerprint density at radius 3 is 1.43 bits per heavy atom. The number of hydrogen-bond acceptors (Lipinski definition) is 10. The minimum absolute atomic E-state index is 0.206. The molecule has 0 fully saturated rings. The molecule has 12 heteroatoms. The van der Waals surface area contributed by atoms with Crippen LogP contribution in [0.2, 0.25) is 0 Å². The SMILES string of the molecule is CCCC(O)CC(=O)OC(CCCC(CO)OC(CC)CCC(CC(=O)O)OC(=O)CC(O)CCC)CC(=O)O. The number of carboxylic acids is 2. The zero-order valence-electron chi connectivity index (χ0n) is 24.2. The van der Waals surface area contributed by atoms with Crippen LogP contribution < -0.4 is 0 Å². The number of carboxylic acid groups (broad SMARTS) is 2. The first-order chi connectivity index (χ1) is 18.9. The highest BCUT2D eigenvalue weighted by molar-refractivity contribution is 5.72. The summed E-state index contributed by atoms with van der Waals surface area (Å²) in [6.45, 7) is 5.31. The Labute approximate surface area is 237 Å². The van der Waals surface area contributed by atoms with Crippen molar-refractivity contribution in [2.75, 3.05) is 6.61 Å².